The van der Waals surface area contributed by atoms with Crippen LogP contribution in [0.5, 0.6) is 0 Å². The van der Waals surface area contributed by atoms with E-state index in [1.54, 1.807) is 23.2 Å². The van der Waals surface area contributed by atoms with Crippen LogP contribution in [0, 0.1) is 0 Å². The minimum absolute atomic E-state index is 0.0277. The van der Waals surface area contributed by atoms with Crippen molar-refractivity contribution in [3.05, 3.63) is 34.7 Å². The van der Waals surface area contributed by atoms with Gasteiger partial charge in [-0.1, -0.05) is 13.0 Å². The fraction of sp³-hybridized carbons (Fsp3) is 0.588. The molecule has 0 bridgehead atoms. The number of pyridine rings is 1. The smallest absolute Gasteiger partial charge is 0.250 e. The van der Waals surface area contributed by atoms with Crippen LogP contribution >= 0.6 is 0 Å². The zero-order valence-corrected chi connectivity index (χ0v) is 14.4. The summed E-state index contributed by atoms with van der Waals surface area (Å²) in [4.78, 5) is 39.7. The van der Waals surface area contributed by atoms with E-state index in [0.717, 1.165) is 6.42 Å². The molecule has 2 heterocycles. The third kappa shape index (κ3) is 5.19. The minimum Gasteiger partial charge on any atom is -0.353 e. The predicted octanol–water partition coefficient (Wildman–Crippen LogP) is -0.0928. The molecule has 1 saturated heterocycles. The van der Waals surface area contributed by atoms with Crippen molar-refractivity contribution < 1.29 is 9.59 Å². The second kappa shape index (κ2) is 8.63. The third-order valence-corrected chi connectivity index (χ3v) is 4.32. The van der Waals surface area contributed by atoms with Gasteiger partial charge in [0.2, 0.25) is 11.8 Å². The average Bonchev–Trinajstić information content (AvgIpc) is 2.57. The fourth-order valence-electron chi connectivity index (χ4n) is 2.62. The Labute approximate surface area is 142 Å². The Balaban J connectivity index is 1.78. The van der Waals surface area contributed by atoms with E-state index < -0.39 is 0 Å². The number of nitrogens with zero attached hydrogens (tertiary/aromatic N) is 3. The highest BCUT2D eigenvalue weighted by Gasteiger charge is 2.22. The molecule has 1 fully saturated rings. The van der Waals surface area contributed by atoms with Crippen molar-refractivity contribution in [2.24, 2.45) is 0 Å². The van der Waals surface area contributed by atoms with Gasteiger partial charge in [-0.3, -0.25) is 19.3 Å². The number of piperazine rings is 1. The van der Waals surface area contributed by atoms with Crippen LogP contribution in [0.15, 0.2) is 29.2 Å². The lowest BCUT2D eigenvalue weighted by Crippen LogP contribution is -2.52. The van der Waals surface area contributed by atoms with Crippen molar-refractivity contribution in [2.75, 3.05) is 32.7 Å². The topological polar surface area (TPSA) is 74.7 Å². The Morgan fingerprint density at radius 1 is 1.17 bits per heavy atom. The van der Waals surface area contributed by atoms with Gasteiger partial charge in [-0.2, -0.15) is 0 Å². The predicted molar refractivity (Wildman–Crippen MR) is 91.6 cm³/mol. The summed E-state index contributed by atoms with van der Waals surface area (Å²) in [7, 11) is 0. The number of nitrogens with one attached hydrogen (secondary N) is 1. The molecule has 1 atom stereocenters. The van der Waals surface area contributed by atoms with E-state index in [-0.39, 0.29) is 30.0 Å². The largest absolute Gasteiger partial charge is 0.353 e. The molecule has 1 aliphatic rings. The summed E-state index contributed by atoms with van der Waals surface area (Å²) in [6.45, 7) is 6.95. The van der Waals surface area contributed by atoms with Crippen LogP contribution in [0.3, 0.4) is 0 Å². The molecule has 1 N–H and O–H groups in total. The van der Waals surface area contributed by atoms with Crippen molar-refractivity contribution >= 4 is 11.8 Å². The van der Waals surface area contributed by atoms with Crippen molar-refractivity contribution in [2.45, 2.75) is 32.9 Å². The van der Waals surface area contributed by atoms with Crippen LogP contribution in [-0.4, -0.2) is 64.9 Å². The molecule has 0 radical (unpaired) electrons. The lowest BCUT2D eigenvalue weighted by Gasteiger charge is -2.34. The van der Waals surface area contributed by atoms with Crippen molar-refractivity contribution in [1.29, 1.82) is 0 Å². The van der Waals surface area contributed by atoms with Gasteiger partial charge in [0.25, 0.3) is 5.56 Å². The number of rotatable bonds is 6. The standard InChI is InChI=1S/C17H26N4O3/c1-3-14(2)18-15(22)12-19-8-10-20(11-9-19)17(24)13-21-7-5-4-6-16(21)23/h4-7,14H,3,8-13H2,1-2H3,(H,18,22). The molecule has 0 aromatic carbocycles. The summed E-state index contributed by atoms with van der Waals surface area (Å²) >= 11 is 0. The molecule has 0 saturated carbocycles. The van der Waals surface area contributed by atoms with Crippen molar-refractivity contribution in [3.8, 4) is 0 Å². The van der Waals surface area contributed by atoms with E-state index >= 15 is 0 Å². The Bertz CT molecular complexity index is 620. The number of hydrogen-bond acceptors (Lipinski definition) is 4. The quantitative estimate of drug-likeness (QED) is 0.789. The molecule has 1 aliphatic heterocycles. The highest BCUT2D eigenvalue weighted by atomic mass is 16.2. The SMILES string of the molecule is CCC(C)NC(=O)CN1CCN(C(=O)Cn2ccccc2=O)CC1. The van der Waals surface area contributed by atoms with Gasteiger partial charge in [-0.05, 0) is 19.4 Å². The van der Waals surface area contributed by atoms with Crippen LogP contribution < -0.4 is 10.9 Å². The molecule has 0 aliphatic carbocycles. The van der Waals surface area contributed by atoms with Crippen LogP contribution in [0.1, 0.15) is 20.3 Å². The van der Waals surface area contributed by atoms with E-state index in [1.807, 2.05) is 13.8 Å². The zero-order valence-electron chi connectivity index (χ0n) is 14.4. The number of aromatic nitrogens is 1. The van der Waals surface area contributed by atoms with Gasteiger partial charge in [0.05, 0.1) is 6.54 Å². The van der Waals surface area contributed by atoms with Gasteiger partial charge < -0.3 is 14.8 Å². The molecular weight excluding hydrogens is 308 g/mol. The summed E-state index contributed by atoms with van der Waals surface area (Å²) in [6, 6.07) is 5.03. The molecule has 7 nitrogen and oxygen atoms in total. The van der Waals surface area contributed by atoms with Gasteiger partial charge in [0, 0.05) is 44.5 Å². The molecule has 2 amide bonds. The monoisotopic (exact) mass is 334 g/mol. The second-order valence-electron chi connectivity index (χ2n) is 6.20. The Morgan fingerprint density at radius 2 is 1.88 bits per heavy atom. The summed E-state index contributed by atoms with van der Waals surface area (Å²) in [5.74, 6) is -0.0352. The molecule has 7 heteroatoms. The minimum atomic E-state index is -0.175. The molecule has 2 rings (SSSR count). The maximum absolute atomic E-state index is 12.3. The highest BCUT2D eigenvalue weighted by molar-refractivity contribution is 5.78. The Morgan fingerprint density at radius 3 is 2.50 bits per heavy atom. The third-order valence-electron chi connectivity index (χ3n) is 4.32. The zero-order chi connectivity index (χ0) is 17.5. The van der Waals surface area contributed by atoms with E-state index in [1.165, 1.54) is 10.6 Å². The Hall–Kier alpha value is -2.15. The van der Waals surface area contributed by atoms with Crippen LogP contribution in [0.2, 0.25) is 0 Å². The molecule has 0 spiro atoms. The molecule has 1 aromatic heterocycles. The maximum Gasteiger partial charge on any atom is 0.250 e. The summed E-state index contributed by atoms with van der Waals surface area (Å²) < 4.78 is 1.41. The number of carbonyl (C=O) groups is 2. The van der Waals surface area contributed by atoms with E-state index in [2.05, 4.69) is 10.2 Å². The van der Waals surface area contributed by atoms with E-state index in [0.29, 0.717) is 32.7 Å². The van der Waals surface area contributed by atoms with Crippen molar-refractivity contribution in [3.63, 3.8) is 0 Å². The van der Waals surface area contributed by atoms with E-state index in [4.69, 9.17) is 0 Å². The molecule has 132 valence electrons. The number of amides is 2. The first kappa shape index (κ1) is 18.2. The lowest BCUT2D eigenvalue weighted by molar-refractivity contribution is -0.134. The van der Waals surface area contributed by atoms with Crippen LogP contribution in [0.25, 0.3) is 0 Å². The lowest BCUT2D eigenvalue weighted by atomic mass is 10.2. The molecular formula is C17H26N4O3. The van der Waals surface area contributed by atoms with Crippen molar-refractivity contribution in [1.82, 2.24) is 19.7 Å². The van der Waals surface area contributed by atoms with Gasteiger partial charge >= 0.3 is 0 Å². The normalized spacial score (nSPS) is 16.7. The van der Waals surface area contributed by atoms with Gasteiger partial charge in [0.15, 0.2) is 0 Å². The average molecular weight is 334 g/mol. The summed E-state index contributed by atoms with van der Waals surface area (Å²) in [6.07, 6.45) is 2.53. The molecule has 1 unspecified atom stereocenters. The number of carbonyl (C=O) groups excluding carboxylic acids is 2. The summed E-state index contributed by atoms with van der Waals surface area (Å²) in [5.41, 5.74) is -0.175. The first-order valence-corrected chi connectivity index (χ1v) is 8.44. The Kier molecular flexibility index (Phi) is 6.54. The van der Waals surface area contributed by atoms with E-state index in [9.17, 15) is 14.4 Å². The number of hydrogen-bond donors (Lipinski definition) is 1. The maximum atomic E-state index is 12.3. The highest BCUT2D eigenvalue weighted by Crippen LogP contribution is 2.03. The van der Waals surface area contributed by atoms with Gasteiger partial charge in [-0.25, -0.2) is 0 Å². The second-order valence-corrected chi connectivity index (χ2v) is 6.20. The van der Waals surface area contributed by atoms with Gasteiger partial charge in [-0.15, -0.1) is 0 Å². The molecule has 24 heavy (non-hydrogen) atoms. The first-order valence-electron chi connectivity index (χ1n) is 8.44. The fourth-order valence-corrected chi connectivity index (χ4v) is 2.62. The van der Waals surface area contributed by atoms with Crippen LogP contribution in [0.4, 0.5) is 0 Å². The first-order chi connectivity index (χ1) is 11.5. The van der Waals surface area contributed by atoms with Crippen LogP contribution in [-0.2, 0) is 16.1 Å². The molecule has 1 aromatic rings. The summed E-state index contributed by atoms with van der Waals surface area (Å²) in [5, 5.41) is 2.95. The van der Waals surface area contributed by atoms with Gasteiger partial charge in [0.1, 0.15) is 6.54 Å².